The molecule has 0 bridgehead atoms. The van der Waals surface area contributed by atoms with Crippen LogP contribution in [0.4, 0.5) is 0 Å². The molecule has 1 atom stereocenters. The Morgan fingerprint density at radius 3 is 2.60 bits per heavy atom. The van der Waals surface area contributed by atoms with Gasteiger partial charge in [0.1, 0.15) is 0 Å². The second-order valence-corrected chi connectivity index (χ2v) is 6.42. The predicted octanol–water partition coefficient (Wildman–Crippen LogP) is 3.31. The number of hydrogen-bond acceptors (Lipinski definition) is 3. The van der Waals surface area contributed by atoms with Crippen molar-refractivity contribution in [1.82, 2.24) is 15.2 Å². The van der Waals surface area contributed by atoms with Gasteiger partial charge < -0.3 is 5.32 Å². The molecule has 0 radical (unpaired) electrons. The number of nitrogens with one attached hydrogen (secondary N) is 1. The summed E-state index contributed by atoms with van der Waals surface area (Å²) in [6, 6.07) is 2.45. The lowest BCUT2D eigenvalue weighted by Gasteiger charge is -2.46. The minimum atomic E-state index is 0.115. The van der Waals surface area contributed by atoms with E-state index in [1.165, 1.54) is 43.5 Å². The van der Waals surface area contributed by atoms with Gasteiger partial charge in [-0.25, -0.2) is 0 Å². The Morgan fingerprint density at radius 2 is 2.00 bits per heavy atom. The molecule has 1 aliphatic heterocycles. The monoisotopic (exact) mass is 275 g/mol. The Bertz CT molecular complexity index is 422. The standard InChI is InChI=1S/C17H29N3/c1-5-19-16(15-13-18-10-9-14(15)2)17(3,4)20-11-7-6-8-12-20/h9-10,13,16,19H,5-8,11-12H2,1-4H3. The fourth-order valence-electron chi connectivity index (χ4n) is 3.38. The van der Waals surface area contributed by atoms with Crippen molar-refractivity contribution in [3.05, 3.63) is 29.6 Å². The Labute approximate surface area is 123 Å². The number of aromatic nitrogens is 1. The van der Waals surface area contributed by atoms with Gasteiger partial charge in [-0.3, -0.25) is 9.88 Å². The minimum Gasteiger partial charge on any atom is -0.309 e. The van der Waals surface area contributed by atoms with Gasteiger partial charge in [-0.2, -0.15) is 0 Å². The molecule has 1 N–H and O–H groups in total. The van der Waals surface area contributed by atoms with Crippen molar-refractivity contribution in [3.63, 3.8) is 0 Å². The lowest BCUT2D eigenvalue weighted by molar-refractivity contribution is 0.0610. The van der Waals surface area contributed by atoms with Gasteiger partial charge in [0.25, 0.3) is 0 Å². The van der Waals surface area contributed by atoms with E-state index >= 15 is 0 Å². The van der Waals surface area contributed by atoms with Crippen LogP contribution in [0.15, 0.2) is 18.5 Å². The number of pyridine rings is 1. The zero-order valence-corrected chi connectivity index (χ0v) is 13.4. The van der Waals surface area contributed by atoms with Gasteiger partial charge in [-0.05, 0) is 70.4 Å². The molecule has 0 spiro atoms. The highest BCUT2D eigenvalue weighted by molar-refractivity contribution is 5.28. The fraction of sp³-hybridized carbons (Fsp3) is 0.706. The number of rotatable bonds is 5. The number of likely N-dealkylation sites (tertiary alicyclic amines) is 1. The van der Waals surface area contributed by atoms with E-state index in [9.17, 15) is 0 Å². The number of hydrogen-bond donors (Lipinski definition) is 1. The molecule has 1 aliphatic rings. The molecule has 0 aliphatic carbocycles. The average Bonchev–Trinajstić information content (AvgIpc) is 2.46. The highest BCUT2D eigenvalue weighted by atomic mass is 15.2. The molecule has 2 rings (SSSR count). The summed E-state index contributed by atoms with van der Waals surface area (Å²) >= 11 is 0. The number of likely N-dealkylation sites (N-methyl/N-ethyl adjacent to an activating group) is 1. The lowest BCUT2D eigenvalue weighted by Crippen LogP contribution is -2.54. The van der Waals surface area contributed by atoms with Gasteiger partial charge in [0, 0.05) is 17.9 Å². The first-order chi connectivity index (χ1) is 9.57. The first-order valence-electron chi connectivity index (χ1n) is 7.96. The van der Waals surface area contributed by atoms with E-state index in [1.54, 1.807) is 0 Å². The topological polar surface area (TPSA) is 28.2 Å². The van der Waals surface area contributed by atoms with Crippen LogP contribution in [0.2, 0.25) is 0 Å². The first kappa shape index (κ1) is 15.5. The maximum atomic E-state index is 4.35. The van der Waals surface area contributed by atoms with E-state index in [1.807, 2.05) is 12.4 Å². The molecule has 112 valence electrons. The Kier molecular flexibility index (Phi) is 5.17. The van der Waals surface area contributed by atoms with Crippen LogP contribution in [0, 0.1) is 6.92 Å². The number of aryl methyl sites for hydroxylation is 1. The second kappa shape index (κ2) is 6.68. The average molecular weight is 275 g/mol. The van der Waals surface area contributed by atoms with E-state index in [4.69, 9.17) is 0 Å². The van der Waals surface area contributed by atoms with Crippen LogP contribution in [0.5, 0.6) is 0 Å². The second-order valence-electron chi connectivity index (χ2n) is 6.42. The number of piperidine rings is 1. The SMILES string of the molecule is CCNC(c1cnccc1C)C(C)(C)N1CCCCC1. The highest BCUT2D eigenvalue weighted by Gasteiger charge is 2.37. The first-order valence-corrected chi connectivity index (χ1v) is 7.96. The lowest BCUT2D eigenvalue weighted by atomic mass is 9.84. The summed E-state index contributed by atoms with van der Waals surface area (Å²) in [5.41, 5.74) is 2.78. The Hall–Kier alpha value is -0.930. The molecule has 1 saturated heterocycles. The summed E-state index contributed by atoms with van der Waals surface area (Å²) in [5.74, 6) is 0. The van der Waals surface area contributed by atoms with Crippen molar-refractivity contribution in [3.8, 4) is 0 Å². The van der Waals surface area contributed by atoms with Crippen molar-refractivity contribution in [2.24, 2.45) is 0 Å². The molecular weight excluding hydrogens is 246 g/mol. The summed E-state index contributed by atoms with van der Waals surface area (Å²) in [5, 5.41) is 3.70. The highest BCUT2D eigenvalue weighted by Crippen LogP contribution is 2.34. The number of nitrogens with zero attached hydrogens (tertiary/aromatic N) is 2. The maximum Gasteiger partial charge on any atom is 0.0519 e. The van der Waals surface area contributed by atoms with Crippen LogP contribution in [-0.4, -0.2) is 35.1 Å². The van der Waals surface area contributed by atoms with Crippen LogP contribution in [-0.2, 0) is 0 Å². The zero-order chi connectivity index (χ0) is 14.6. The molecular formula is C17H29N3. The van der Waals surface area contributed by atoms with Crippen molar-refractivity contribution in [1.29, 1.82) is 0 Å². The smallest absolute Gasteiger partial charge is 0.0519 e. The van der Waals surface area contributed by atoms with Crippen molar-refractivity contribution in [2.75, 3.05) is 19.6 Å². The minimum absolute atomic E-state index is 0.115. The molecule has 20 heavy (non-hydrogen) atoms. The summed E-state index contributed by atoms with van der Waals surface area (Å²) < 4.78 is 0. The van der Waals surface area contributed by atoms with Gasteiger partial charge in [0.2, 0.25) is 0 Å². The molecule has 1 aromatic heterocycles. The summed E-state index contributed by atoms with van der Waals surface area (Å²) in [4.78, 5) is 7.00. The van der Waals surface area contributed by atoms with E-state index < -0.39 is 0 Å². The molecule has 0 saturated carbocycles. The maximum absolute atomic E-state index is 4.35. The third kappa shape index (κ3) is 3.21. The largest absolute Gasteiger partial charge is 0.309 e. The molecule has 2 heterocycles. The molecule has 3 heteroatoms. The fourth-order valence-corrected chi connectivity index (χ4v) is 3.38. The molecule has 1 unspecified atom stereocenters. The van der Waals surface area contributed by atoms with Crippen LogP contribution < -0.4 is 5.32 Å². The quantitative estimate of drug-likeness (QED) is 0.893. The molecule has 0 amide bonds. The van der Waals surface area contributed by atoms with Gasteiger partial charge in [-0.15, -0.1) is 0 Å². The van der Waals surface area contributed by atoms with E-state index in [0.717, 1.165) is 6.54 Å². The Balaban J connectivity index is 2.29. The van der Waals surface area contributed by atoms with E-state index in [0.29, 0.717) is 6.04 Å². The summed E-state index contributed by atoms with van der Waals surface area (Å²) in [6.07, 6.45) is 7.96. The van der Waals surface area contributed by atoms with Crippen LogP contribution in [0.25, 0.3) is 0 Å². The Morgan fingerprint density at radius 1 is 1.30 bits per heavy atom. The van der Waals surface area contributed by atoms with Crippen molar-refractivity contribution in [2.45, 2.75) is 58.5 Å². The summed E-state index contributed by atoms with van der Waals surface area (Å²) in [6.45, 7) is 12.5. The van der Waals surface area contributed by atoms with Crippen molar-refractivity contribution < 1.29 is 0 Å². The van der Waals surface area contributed by atoms with Crippen LogP contribution in [0.1, 0.15) is 57.2 Å². The third-order valence-corrected chi connectivity index (χ3v) is 4.68. The van der Waals surface area contributed by atoms with E-state index in [-0.39, 0.29) is 5.54 Å². The van der Waals surface area contributed by atoms with Crippen LogP contribution in [0.3, 0.4) is 0 Å². The predicted molar refractivity (Wildman–Crippen MR) is 84.9 cm³/mol. The molecule has 1 aromatic rings. The van der Waals surface area contributed by atoms with Gasteiger partial charge in [0.15, 0.2) is 0 Å². The normalized spacial score (nSPS) is 19.0. The molecule has 0 aromatic carbocycles. The van der Waals surface area contributed by atoms with Crippen molar-refractivity contribution >= 4 is 0 Å². The van der Waals surface area contributed by atoms with Gasteiger partial charge >= 0.3 is 0 Å². The molecule has 1 fully saturated rings. The van der Waals surface area contributed by atoms with E-state index in [2.05, 4.69) is 49.0 Å². The van der Waals surface area contributed by atoms with Gasteiger partial charge in [-0.1, -0.05) is 13.3 Å². The molecule has 3 nitrogen and oxygen atoms in total. The van der Waals surface area contributed by atoms with Crippen LogP contribution >= 0.6 is 0 Å². The third-order valence-electron chi connectivity index (χ3n) is 4.68. The van der Waals surface area contributed by atoms with Gasteiger partial charge in [0.05, 0.1) is 6.04 Å². The summed E-state index contributed by atoms with van der Waals surface area (Å²) in [7, 11) is 0. The zero-order valence-electron chi connectivity index (χ0n) is 13.4.